The van der Waals surface area contributed by atoms with Crippen LogP contribution in [-0.4, -0.2) is 35.6 Å². The van der Waals surface area contributed by atoms with Crippen LogP contribution in [0.4, 0.5) is 13.2 Å². The summed E-state index contributed by atoms with van der Waals surface area (Å²) >= 11 is 0. The Morgan fingerprint density at radius 1 is 1.16 bits per heavy atom. The third kappa shape index (κ3) is 3.85. The Bertz CT molecular complexity index is 1290. The van der Waals surface area contributed by atoms with Crippen LogP contribution in [0.3, 0.4) is 0 Å². The summed E-state index contributed by atoms with van der Waals surface area (Å²) in [6.45, 7) is 4.58. The van der Waals surface area contributed by atoms with Gasteiger partial charge in [-0.3, -0.25) is 9.20 Å². The number of alkyl halides is 3. The highest BCUT2D eigenvalue weighted by atomic mass is 32.2. The number of sulfone groups is 1. The highest BCUT2D eigenvalue weighted by Gasteiger charge is 2.36. The molecule has 0 spiro atoms. The molecule has 0 aliphatic carbocycles. The zero-order valence-electron chi connectivity index (χ0n) is 17.1. The summed E-state index contributed by atoms with van der Waals surface area (Å²) in [6, 6.07) is 4.45. The first kappa shape index (κ1) is 22.6. The number of carbonyl (C=O) groups is 1. The molecule has 7 nitrogen and oxygen atoms in total. The fourth-order valence-electron chi connectivity index (χ4n) is 3.04. The summed E-state index contributed by atoms with van der Waals surface area (Å²) in [6.07, 6.45) is -2.24. The van der Waals surface area contributed by atoms with E-state index in [1.165, 1.54) is 56.8 Å². The smallest absolute Gasteiger partial charge is 0.417 e. The minimum Gasteiger partial charge on any atom is -0.495 e. The third-order valence-electron chi connectivity index (χ3n) is 4.78. The number of nitrogens with zero attached hydrogens (tertiary/aromatic N) is 2. The second-order valence-electron chi connectivity index (χ2n) is 7.82. The molecule has 1 aromatic carbocycles. The number of pyridine rings is 1. The minimum absolute atomic E-state index is 0.0691. The predicted octanol–water partition coefficient (Wildman–Crippen LogP) is 3.70. The van der Waals surface area contributed by atoms with Gasteiger partial charge in [0.15, 0.2) is 9.84 Å². The molecular weight excluding hydrogens is 435 g/mol. The lowest BCUT2D eigenvalue weighted by atomic mass is 10.0. The van der Waals surface area contributed by atoms with E-state index in [1.807, 2.05) is 0 Å². The number of hydrogen-bond acceptors (Lipinski definition) is 5. The summed E-state index contributed by atoms with van der Waals surface area (Å²) in [7, 11) is -2.54. The number of imidazole rings is 1. The zero-order valence-corrected chi connectivity index (χ0v) is 17.9. The van der Waals surface area contributed by atoms with Crippen molar-refractivity contribution in [2.75, 3.05) is 7.11 Å². The molecule has 0 fully saturated rings. The van der Waals surface area contributed by atoms with Crippen molar-refractivity contribution in [3.8, 4) is 17.0 Å². The average Bonchev–Trinajstić information content (AvgIpc) is 3.07. The fourth-order valence-corrected chi connectivity index (χ4v) is 4.36. The van der Waals surface area contributed by atoms with Gasteiger partial charge in [0.2, 0.25) is 5.91 Å². The van der Waals surface area contributed by atoms with Crippen molar-refractivity contribution in [2.24, 2.45) is 5.73 Å². The molecule has 0 bridgehead atoms. The Hall–Kier alpha value is -3.08. The predicted molar refractivity (Wildman–Crippen MR) is 108 cm³/mol. The fraction of sp³-hybridized carbons (Fsp3) is 0.300. The number of amides is 1. The molecule has 0 unspecified atom stereocenters. The van der Waals surface area contributed by atoms with Crippen molar-refractivity contribution in [3.05, 3.63) is 47.8 Å². The SMILES string of the molecule is COc1cc2ncc(-c3ccc(C(N)=O)c(C(F)(F)F)c3)n2cc1S(=O)(=O)C(C)(C)C. The zero-order chi connectivity index (χ0) is 23.4. The number of fused-ring (bicyclic) bond motifs is 1. The Labute approximate surface area is 176 Å². The number of carbonyl (C=O) groups excluding carboxylic acids is 1. The van der Waals surface area contributed by atoms with Crippen LogP contribution in [0.25, 0.3) is 16.9 Å². The van der Waals surface area contributed by atoms with E-state index in [-0.39, 0.29) is 27.5 Å². The van der Waals surface area contributed by atoms with Crippen molar-refractivity contribution in [1.82, 2.24) is 9.38 Å². The molecule has 2 N–H and O–H groups in total. The lowest BCUT2D eigenvalue weighted by Crippen LogP contribution is -2.28. The van der Waals surface area contributed by atoms with Crippen LogP contribution in [0.5, 0.6) is 5.75 Å². The highest BCUT2D eigenvalue weighted by molar-refractivity contribution is 7.92. The number of rotatable bonds is 4. The monoisotopic (exact) mass is 455 g/mol. The lowest BCUT2D eigenvalue weighted by Gasteiger charge is -2.21. The van der Waals surface area contributed by atoms with Crippen LogP contribution < -0.4 is 10.5 Å². The number of nitrogens with two attached hydrogens (primary N) is 1. The molecular formula is C20H20F3N3O4S. The average molecular weight is 455 g/mol. The standard InChI is InChI=1S/C20H20F3N3O4S/c1-19(2,3)31(28,29)16-10-26-14(9-25-17(26)8-15(16)30-4)11-5-6-12(18(24)27)13(7-11)20(21,22)23/h5-10H,1-4H3,(H2,24,27). The summed E-state index contributed by atoms with van der Waals surface area (Å²) in [5.74, 6) is -1.14. The van der Waals surface area contributed by atoms with Gasteiger partial charge in [0, 0.05) is 17.8 Å². The molecule has 166 valence electrons. The van der Waals surface area contributed by atoms with E-state index < -0.39 is 37.8 Å². The molecule has 11 heteroatoms. The van der Waals surface area contributed by atoms with Gasteiger partial charge in [0.05, 0.1) is 34.9 Å². The molecule has 31 heavy (non-hydrogen) atoms. The van der Waals surface area contributed by atoms with Gasteiger partial charge in [-0.15, -0.1) is 0 Å². The third-order valence-corrected chi connectivity index (χ3v) is 7.27. The molecule has 0 aliphatic rings. The van der Waals surface area contributed by atoms with E-state index in [0.717, 1.165) is 12.1 Å². The number of methoxy groups -OCH3 is 1. The van der Waals surface area contributed by atoms with Crippen LogP contribution in [0.1, 0.15) is 36.7 Å². The Kier molecular flexibility index (Phi) is 5.29. The van der Waals surface area contributed by atoms with Gasteiger partial charge in [-0.05, 0) is 32.9 Å². The Balaban J connectivity index is 2.31. The van der Waals surface area contributed by atoms with Gasteiger partial charge >= 0.3 is 6.18 Å². The van der Waals surface area contributed by atoms with E-state index in [0.29, 0.717) is 0 Å². The number of halogens is 3. The summed E-state index contributed by atoms with van der Waals surface area (Å²) in [5.41, 5.74) is 3.77. The maximum atomic E-state index is 13.5. The molecule has 0 saturated carbocycles. The van der Waals surface area contributed by atoms with Gasteiger partial charge in [0.1, 0.15) is 16.3 Å². The molecule has 2 aromatic heterocycles. The molecule has 0 atom stereocenters. The quantitative estimate of drug-likeness (QED) is 0.646. The Morgan fingerprint density at radius 2 is 1.81 bits per heavy atom. The molecule has 0 radical (unpaired) electrons. The normalized spacial score (nSPS) is 12.9. The highest BCUT2D eigenvalue weighted by Crippen LogP contribution is 2.37. The van der Waals surface area contributed by atoms with Crippen LogP contribution in [-0.2, 0) is 16.0 Å². The van der Waals surface area contributed by atoms with Gasteiger partial charge in [-0.25, -0.2) is 13.4 Å². The van der Waals surface area contributed by atoms with Crippen LogP contribution in [0, 0.1) is 0 Å². The van der Waals surface area contributed by atoms with Crippen molar-refractivity contribution in [3.63, 3.8) is 0 Å². The number of primary amides is 1. The first-order valence-corrected chi connectivity index (χ1v) is 10.5. The van der Waals surface area contributed by atoms with Crippen molar-refractivity contribution in [1.29, 1.82) is 0 Å². The summed E-state index contributed by atoms with van der Waals surface area (Å²) < 4.78 is 71.9. The number of hydrogen-bond donors (Lipinski definition) is 1. The molecule has 0 saturated heterocycles. The molecule has 1 amide bonds. The minimum atomic E-state index is -4.81. The lowest BCUT2D eigenvalue weighted by molar-refractivity contribution is -0.137. The van der Waals surface area contributed by atoms with E-state index in [4.69, 9.17) is 10.5 Å². The topological polar surface area (TPSA) is 104 Å². The van der Waals surface area contributed by atoms with E-state index in [1.54, 1.807) is 0 Å². The summed E-state index contributed by atoms with van der Waals surface area (Å²) in [5, 5.41) is 0. The van der Waals surface area contributed by atoms with Crippen LogP contribution in [0.15, 0.2) is 41.6 Å². The molecule has 3 aromatic rings. The first-order valence-electron chi connectivity index (χ1n) is 8.99. The second kappa shape index (κ2) is 7.26. The number of benzene rings is 1. The second-order valence-corrected chi connectivity index (χ2v) is 10.5. The van der Waals surface area contributed by atoms with E-state index >= 15 is 0 Å². The maximum absolute atomic E-state index is 13.5. The molecule has 2 heterocycles. The van der Waals surface area contributed by atoms with Crippen LogP contribution in [0.2, 0.25) is 0 Å². The van der Waals surface area contributed by atoms with Gasteiger partial charge in [-0.2, -0.15) is 13.2 Å². The van der Waals surface area contributed by atoms with Crippen molar-refractivity contribution in [2.45, 2.75) is 36.6 Å². The van der Waals surface area contributed by atoms with Gasteiger partial charge < -0.3 is 10.5 Å². The van der Waals surface area contributed by atoms with Crippen LogP contribution >= 0.6 is 0 Å². The van der Waals surface area contributed by atoms with E-state index in [9.17, 15) is 26.4 Å². The first-order chi connectivity index (χ1) is 14.2. The summed E-state index contributed by atoms with van der Waals surface area (Å²) in [4.78, 5) is 15.4. The number of ether oxygens (including phenoxy) is 1. The van der Waals surface area contributed by atoms with E-state index in [2.05, 4.69) is 4.98 Å². The maximum Gasteiger partial charge on any atom is 0.417 e. The molecule has 3 rings (SSSR count). The van der Waals surface area contributed by atoms with Crippen molar-refractivity contribution < 1.29 is 31.1 Å². The number of aromatic nitrogens is 2. The van der Waals surface area contributed by atoms with Gasteiger partial charge in [-0.1, -0.05) is 6.07 Å². The van der Waals surface area contributed by atoms with Crippen molar-refractivity contribution >= 4 is 21.4 Å². The van der Waals surface area contributed by atoms with Gasteiger partial charge in [0.25, 0.3) is 0 Å². The largest absolute Gasteiger partial charge is 0.495 e. The molecule has 0 aliphatic heterocycles. The Morgan fingerprint density at radius 3 is 2.32 bits per heavy atom.